The van der Waals surface area contributed by atoms with Crippen LogP contribution >= 0.6 is 0 Å². The number of carbonyl (C=O) groups excluding carboxylic acids is 1. The zero-order valence-electron chi connectivity index (χ0n) is 17.5. The van der Waals surface area contributed by atoms with Gasteiger partial charge in [0.1, 0.15) is 11.5 Å². The molecule has 2 aromatic carbocycles. The molecule has 3 rings (SSSR count). The van der Waals surface area contributed by atoms with Gasteiger partial charge >= 0.3 is 0 Å². The van der Waals surface area contributed by atoms with E-state index in [9.17, 15) is 4.79 Å². The van der Waals surface area contributed by atoms with Crippen LogP contribution in [0.2, 0.25) is 0 Å². The fourth-order valence-electron chi connectivity index (χ4n) is 3.67. The van der Waals surface area contributed by atoms with Gasteiger partial charge in [-0.15, -0.1) is 0 Å². The lowest BCUT2D eigenvalue weighted by Gasteiger charge is -2.28. The molecule has 0 radical (unpaired) electrons. The van der Waals surface area contributed by atoms with Gasteiger partial charge in [0.15, 0.2) is 0 Å². The first kappa shape index (κ1) is 21.2. The number of carbonyl (C=O) groups is 1. The molecular weight excluding hydrogens is 364 g/mol. The van der Waals surface area contributed by atoms with Crippen molar-refractivity contribution >= 4 is 5.91 Å². The summed E-state index contributed by atoms with van der Waals surface area (Å²) in [5.41, 5.74) is 1.86. The summed E-state index contributed by atoms with van der Waals surface area (Å²) in [6, 6.07) is 15.7. The van der Waals surface area contributed by atoms with Crippen molar-refractivity contribution in [2.24, 2.45) is 0 Å². The van der Waals surface area contributed by atoms with Gasteiger partial charge < -0.3 is 14.8 Å². The van der Waals surface area contributed by atoms with Crippen molar-refractivity contribution in [3.05, 3.63) is 59.7 Å². The Hall–Kier alpha value is -2.53. The molecule has 1 amide bonds. The number of benzene rings is 2. The third-order valence-corrected chi connectivity index (χ3v) is 5.42. The van der Waals surface area contributed by atoms with Crippen LogP contribution in [0.5, 0.6) is 11.5 Å². The van der Waals surface area contributed by atoms with E-state index >= 15 is 0 Å². The van der Waals surface area contributed by atoms with E-state index in [1.54, 1.807) is 7.11 Å². The van der Waals surface area contributed by atoms with E-state index in [1.807, 2.05) is 36.4 Å². The lowest BCUT2D eigenvalue weighted by Crippen LogP contribution is -2.36. The highest BCUT2D eigenvalue weighted by Gasteiger charge is 2.24. The number of nitrogens with zero attached hydrogens (tertiary/aromatic N) is 1. The summed E-state index contributed by atoms with van der Waals surface area (Å²) < 4.78 is 11.0. The number of nitrogens with one attached hydrogen (secondary N) is 1. The summed E-state index contributed by atoms with van der Waals surface area (Å²) >= 11 is 0. The first-order valence-corrected chi connectivity index (χ1v) is 10.6. The molecule has 1 heterocycles. The largest absolute Gasteiger partial charge is 0.497 e. The maximum atomic E-state index is 12.7. The lowest BCUT2D eigenvalue weighted by atomic mass is 10.0. The molecule has 0 unspecified atom stereocenters. The minimum atomic E-state index is -0.0529. The van der Waals surface area contributed by atoms with E-state index in [-0.39, 0.29) is 11.9 Å². The molecule has 1 aliphatic rings. The maximum absolute atomic E-state index is 12.7. The lowest BCUT2D eigenvalue weighted by molar-refractivity contribution is 0.0938. The Labute approximate surface area is 174 Å². The predicted octanol–water partition coefficient (Wildman–Crippen LogP) is 4.44. The zero-order chi connectivity index (χ0) is 20.5. The molecule has 1 N–H and O–H groups in total. The first-order chi connectivity index (χ1) is 14.2. The number of amides is 1. The second-order valence-corrected chi connectivity index (χ2v) is 7.47. The molecule has 0 saturated carbocycles. The Bertz CT molecular complexity index is 753. The smallest absolute Gasteiger partial charge is 0.251 e. The van der Waals surface area contributed by atoms with E-state index in [4.69, 9.17) is 9.47 Å². The van der Waals surface area contributed by atoms with Crippen molar-refractivity contribution < 1.29 is 14.3 Å². The standard InChI is InChI=1S/C24H32N2O3/c1-3-4-17-29-22-13-9-20(10-14-22)24(27)25-18-23(26-15-5-6-16-26)19-7-11-21(28-2)12-8-19/h7-14,23H,3-6,15-18H2,1-2H3,(H,25,27)/t23-/m0/s1. The number of ether oxygens (including phenoxy) is 2. The Balaban J connectivity index is 1.61. The topological polar surface area (TPSA) is 50.8 Å². The molecule has 1 fully saturated rings. The highest BCUT2D eigenvalue weighted by atomic mass is 16.5. The minimum absolute atomic E-state index is 0.0529. The van der Waals surface area contributed by atoms with Crippen LogP contribution in [0.1, 0.15) is 54.6 Å². The SMILES string of the molecule is CCCCOc1ccc(C(=O)NC[C@@H](c2ccc(OC)cc2)N2CCCC2)cc1. The van der Waals surface area contributed by atoms with Crippen LogP contribution in [0.4, 0.5) is 0 Å². The van der Waals surface area contributed by atoms with E-state index in [0.29, 0.717) is 18.7 Å². The van der Waals surface area contributed by atoms with Gasteiger partial charge in [-0.25, -0.2) is 0 Å². The summed E-state index contributed by atoms with van der Waals surface area (Å²) in [5, 5.41) is 3.12. The molecule has 5 nitrogen and oxygen atoms in total. The van der Waals surface area contributed by atoms with Gasteiger partial charge in [-0.3, -0.25) is 9.69 Å². The van der Waals surface area contributed by atoms with Crippen molar-refractivity contribution in [1.29, 1.82) is 0 Å². The molecule has 0 bridgehead atoms. The molecule has 0 spiro atoms. The molecule has 156 valence electrons. The van der Waals surface area contributed by atoms with E-state index in [0.717, 1.165) is 37.4 Å². The molecule has 0 aromatic heterocycles. The fourth-order valence-corrected chi connectivity index (χ4v) is 3.67. The quantitative estimate of drug-likeness (QED) is 0.603. The number of likely N-dealkylation sites (tertiary alicyclic amines) is 1. The normalized spacial score (nSPS) is 15.1. The molecule has 2 aromatic rings. The molecule has 29 heavy (non-hydrogen) atoms. The summed E-state index contributed by atoms with van der Waals surface area (Å²) in [4.78, 5) is 15.1. The van der Waals surface area contributed by atoms with Gasteiger partial charge in [0, 0.05) is 12.1 Å². The third kappa shape index (κ3) is 5.97. The second kappa shape index (κ2) is 10.9. The number of hydrogen-bond acceptors (Lipinski definition) is 4. The number of hydrogen-bond donors (Lipinski definition) is 1. The highest BCUT2D eigenvalue weighted by Crippen LogP contribution is 2.26. The fraction of sp³-hybridized carbons (Fsp3) is 0.458. The molecular formula is C24H32N2O3. The van der Waals surface area contributed by atoms with Crippen molar-refractivity contribution in [3.8, 4) is 11.5 Å². The molecule has 1 saturated heterocycles. The van der Waals surface area contributed by atoms with Gasteiger partial charge in [0.05, 0.1) is 19.8 Å². The van der Waals surface area contributed by atoms with Gasteiger partial charge in [0.25, 0.3) is 5.91 Å². The number of methoxy groups -OCH3 is 1. The van der Waals surface area contributed by atoms with Crippen LogP contribution in [0.3, 0.4) is 0 Å². The highest BCUT2D eigenvalue weighted by molar-refractivity contribution is 5.94. The average molecular weight is 397 g/mol. The summed E-state index contributed by atoms with van der Waals surface area (Å²) in [5.74, 6) is 1.60. The van der Waals surface area contributed by atoms with Crippen molar-refractivity contribution in [3.63, 3.8) is 0 Å². The van der Waals surface area contributed by atoms with Crippen LogP contribution < -0.4 is 14.8 Å². The summed E-state index contributed by atoms with van der Waals surface area (Å²) in [7, 11) is 1.67. The first-order valence-electron chi connectivity index (χ1n) is 10.6. The van der Waals surface area contributed by atoms with Crippen LogP contribution in [0.15, 0.2) is 48.5 Å². The zero-order valence-corrected chi connectivity index (χ0v) is 17.5. The van der Waals surface area contributed by atoms with Crippen LogP contribution in [0, 0.1) is 0 Å². The third-order valence-electron chi connectivity index (χ3n) is 5.42. The number of unbranched alkanes of at least 4 members (excludes halogenated alkanes) is 1. The maximum Gasteiger partial charge on any atom is 0.251 e. The Morgan fingerprint density at radius 2 is 1.69 bits per heavy atom. The van der Waals surface area contributed by atoms with Gasteiger partial charge in [-0.05, 0) is 74.3 Å². The van der Waals surface area contributed by atoms with Gasteiger partial charge in [-0.2, -0.15) is 0 Å². The van der Waals surface area contributed by atoms with E-state index in [2.05, 4.69) is 29.3 Å². The minimum Gasteiger partial charge on any atom is -0.497 e. The van der Waals surface area contributed by atoms with Crippen molar-refractivity contribution in [2.45, 2.75) is 38.6 Å². The monoisotopic (exact) mass is 396 g/mol. The van der Waals surface area contributed by atoms with Gasteiger partial charge in [-0.1, -0.05) is 25.5 Å². The summed E-state index contributed by atoms with van der Waals surface area (Å²) in [6.07, 6.45) is 4.55. The Morgan fingerprint density at radius 1 is 1.03 bits per heavy atom. The van der Waals surface area contributed by atoms with Gasteiger partial charge in [0.2, 0.25) is 0 Å². The molecule has 5 heteroatoms. The Morgan fingerprint density at radius 3 is 2.31 bits per heavy atom. The molecule has 1 aliphatic heterocycles. The van der Waals surface area contributed by atoms with Crippen molar-refractivity contribution in [2.75, 3.05) is 33.4 Å². The summed E-state index contributed by atoms with van der Waals surface area (Å²) in [6.45, 7) is 5.56. The van der Waals surface area contributed by atoms with E-state index in [1.165, 1.54) is 18.4 Å². The van der Waals surface area contributed by atoms with Crippen LogP contribution in [-0.4, -0.2) is 44.2 Å². The number of rotatable bonds is 10. The average Bonchev–Trinajstić information content (AvgIpc) is 3.29. The van der Waals surface area contributed by atoms with Crippen LogP contribution in [0.25, 0.3) is 0 Å². The van der Waals surface area contributed by atoms with Crippen molar-refractivity contribution in [1.82, 2.24) is 10.2 Å². The van der Waals surface area contributed by atoms with E-state index < -0.39 is 0 Å². The van der Waals surface area contributed by atoms with Crippen LogP contribution in [-0.2, 0) is 0 Å². The molecule has 1 atom stereocenters. The predicted molar refractivity (Wildman–Crippen MR) is 116 cm³/mol. The second-order valence-electron chi connectivity index (χ2n) is 7.47. The Kier molecular flexibility index (Phi) is 7.94. The molecule has 0 aliphatic carbocycles.